The fourth-order valence-corrected chi connectivity index (χ4v) is 2.64. The maximum atomic E-state index is 11.3. The van der Waals surface area contributed by atoms with Gasteiger partial charge in [0.15, 0.2) is 0 Å². The average Bonchev–Trinajstić information content (AvgIpc) is 2.85. The normalized spacial score (nSPS) is 19.9. The van der Waals surface area contributed by atoms with Crippen molar-refractivity contribution in [1.29, 1.82) is 0 Å². The minimum absolute atomic E-state index is 0.000781. The van der Waals surface area contributed by atoms with E-state index in [1.54, 1.807) is 6.20 Å². The average molecular weight is 270 g/mol. The van der Waals surface area contributed by atoms with Crippen LogP contribution in [0.2, 0.25) is 0 Å². The fraction of sp³-hybridized carbons (Fsp3) is 0.375. The van der Waals surface area contributed by atoms with Crippen LogP contribution in [0.4, 0.5) is 0 Å². The van der Waals surface area contributed by atoms with Crippen molar-refractivity contribution in [2.75, 3.05) is 6.54 Å². The van der Waals surface area contributed by atoms with Crippen molar-refractivity contribution in [3.8, 4) is 5.75 Å². The molecule has 0 saturated carbocycles. The van der Waals surface area contributed by atoms with Crippen LogP contribution < -0.4 is 10.1 Å². The van der Waals surface area contributed by atoms with Gasteiger partial charge in [-0.25, -0.2) is 0 Å². The van der Waals surface area contributed by atoms with Crippen molar-refractivity contribution < 1.29 is 9.53 Å². The molecule has 1 fully saturated rings. The number of benzene rings is 1. The SMILES string of the molecule is Cc1cc(O[C@H](C)C2CNC(=O)C2)c2cccnc2c1. The molecule has 20 heavy (non-hydrogen) atoms. The molecule has 0 radical (unpaired) electrons. The first-order chi connectivity index (χ1) is 9.63. The van der Waals surface area contributed by atoms with Gasteiger partial charge in [0.05, 0.1) is 5.52 Å². The van der Waals surface area contributed by atoms with Crippen molar-refractivity contribution in [1.82, 2.24) is 10.3 Å². The Bertz CT molecular complexity index is 654. The molecule has 1 unspecified atom stereocenters. The highest BCUT2D eigenvalue weighted by atomic mass is 16.5. The van der Waals surface area contributed by atoms with E-state index in [9.17, 15) is 4.79 Å². The van der Waals surface area contributed by atoms with Gasteiger partial charge in [0.25, 0.3) is 0 Å². The van der Waals surface area contributed by atoms with E-state index >= 15 is 0 Å². The molecule has 1 aromatic carbocycles. The Kier molecular flexibility index (Phi) is 3.30. The van der Waals surface area contributed by atoms with Gasteiger partial charge < -0.3 is 10.1 Å². The number of hydrogen-bond acceptors (Lipinski definition) is 3. The molecule has 3 rings (SSSR count). The number of carbonyl (C=O) groups is 1. The van der Waals surface area contributed by atoms with Crippen LogP contribution in [0.25, 0.3) is 10.9 Å². The molecular weight excluding hydrogens is 252 g/mol. The smallest absolute Gasteiger partial charge is 0.220 e. The van der Waals surface area contributed by atoms with Crippen molar-refractivity contribution in [3.05, 3.63) is 36.0 Å². The lowest BCUT2D eigenvalue weighted by Crippen LogP contribution is -2.25. The molecule has 0 aliphatic carbocycles. The largest absolute Gasteiger partial charge is 0.490 e. The van der Waals surface area contributed by atoms with Gasteiger partial charge in [-0.1, -0.05) is 0 Å². The molecule has 1 N–H and O–H groups in total. The van der Waals surface area contributed by atoms with Crippen LogP contribution in [0.15, 0.2) is 30.5 Å². The van der Waals surface area contributed by atoms with Crippen LogP contribution in [0.1, 0.15) is 18.9 Å². The zero-order valence-corrected chi connectivity index (χ0v) is 11.7. The highest BCUT2D eigenvalue weighted by Gasteiger charge is 2.28. The molecule has 1 aliphatic rings. The molecule has 2 aromatic rings. The lowest BCUT2D eigenvalue weighted by atomic mass is 10.0. The topological polar surface area (TPSA) is 51.2 Å². The molecule has 0 spiro atoms. The van der Waals surface area contributed by atoms with Crippen LogP contribution in [0.3, 0.4) is 0 Å². The molecule has 4 heteroatoms. The molecule has 1 aliphatic heterocycles. The molecule has 4 nitrogen and oxygen atoms in total. The minimum atomic E-state index is -0.000781. The zero-order valence-electron chi connectivity index (χ0n) is 11.7. The number of hydrogen-bond donors (Lipinski definition) is 1. The molecule has 1 saturated heterocycles. The van der Waals surface area contributed by atoms with Crippen molar-refractivity contribution >= 4 is 16.8 Å². The summed E-state index contributed by atoms with van der Waals surface area (Å²) in [5.41, 5.74) is 2.06. The van der Waals surface area contributed by atoms with Gasteiger partial charge in [-0.15, -0.1) is 0 Å². The molecule has 2 heterocycles. The first-order valence-electron chi connectivity index (χ1n) is 6.92. The number of rotatable bonds is 3. The van der Waals surface area contributed by atoms with Crippen LogP contribution in [-0.2, 0) is 4.79 Å². The third-order valence-corrected chi connectivity index (χ3v) is 3.81. The second-order valence-electron chi connectivity index (χ2n) is 5.42. The van der Waals surface area contributed by atoms with Crippen LogP contribution in [-0.4, -0.2) is 23.5 Å². The van der Waals surface area contributed by atoms with Gasteiger partial charge in [0, 0.05) is 30.5 Å². The Morgan fingerprint density at radius 3 is 3.05 bits per heavy atom. The highest BCUT2D eigenvalue weighted by Crippen LogP contribution is 2.29. The van der Waals surface area contributed by atoms with Gasteiger partial charge in [-0.05, 0) is 43.7 Å². The lowest BCUT2D eigenvalue weighted by Gasteiger charge is -2.21. The highest BCUT2D eigenvalue weighted by molar-refractivity contribution is 5.85. The summed E-state index contributed by atoms with van der Waals surface area (Å²) in [5, 5.41) is 3.87. The van der Waals surface area contributed by atoms with Crippen molar-refractivity contribution in [2.45, 2.75) is 26.4 Å². The van der Waals surface area contributed by atoms with E-state index in [0.29, 0.717) is 13.0 Å². The molecule has 2 atom stereocenters. The van der Waals surface area contributed by atoms with E-state index in [1.165, 1.54) is 0 Å². The summed E-state index contributed by atoms with van der Waals surface area (Å²) in [7, 11) is 0. The van der Waals surface area contributed by atoms with Gasteiger partial charge in [0.1, 0.15) is 11.9 Å². The number of nitrogens with one attached hydrogen (secondary N) is 1. The van der Waals surface area contributed by atoms with Gasteiger partial charge in [0.2, 0.25) is 5.91 Å². The third-order valence-electron chi connectivity index (χ3n) is 3.81. The number of aryl methyl sites for hydroxylation is 1. The predicted octanol–water partition coefficient (Wildman–Crippen LogP) is 2.45. The summed E-state index contributed by atoms with van der Waals surface area (Å²) in [5.74, 6) is 1.19. The lowest BCUT2D eigenvalue weighted by molar-refractivity contribution is -0.119. The predicted molar refractivity (Wildman–Crippen MR) is 77.7 cm³/mol. The minimum Gasteiger partial charge on any atom is -0.490 e. The van der Waals surface area contributed by atoms with Crippen LogP contribution in [0, 0.1) is 12.8 Å². The Labute approximate surface area is 118 Å². The van der Waals surface area contributed by atoms with Gasteiger partial charge in [-0.3, -0.25) is 9.78 Å². The Morgan fingerprint density at radius 1 is 1.45 bits per heavy atom. The number of aromatic nitrogens is 1. The molecule has 104 valence electrons. The first-order valence-corrected chi connectivity index (χ1v) is 6.92. The van der Waals surface area contributed by atoms with E-state index < -0.39 is 0 Å². The van der Waals surface area contributed by atoms with E-state index in [-0.39, 0.29) is 17.9 Å². The maximum Gasteiger partial charge on any atom is 0.220 e. The second-order valence-corrected chi connectivity index (χ2v) is 5.42. The maximum absolute atomic E-state index is 11.3. The van der Waals surface area contributed by atoms with E-state index in [0.717, 1.165) is 22.2 Å². The summed E-state index contributed by atoms with van der Waals surface area (Å²) in [6.07, 6.45) is 2.33. The summed E-state index contributed by atoms with van der Waals surface area (Å²) < 4.78 is 6.11. The Morgan fingerprint density at radius 2 is 2.30 bits per heavy atom. The molecule has 1 amide bonds. The summed E-state index contributed by atoms with van der Waals surface area (Å²) in [6, 6.07) is 8.01. The molecular formula is C16H18N2O2. The standard InChI is InChI=1S/C16H18N2O2/c1-10-6-14-13(4-3-5-17-14)15(7-10)20-11(2)12-8-16(19)18-9-12/h3-7,11-12H,8-9H2,1-2H3,(H,18,19)/t11-,12?/m1/s1. The van der Waals surface area contributed by atoms with Gasteiger partial charge >= 0.3 is 0 Å². The van der Waals surface area contributed by atoms with E-state index in [2.05, 4.69) is 10.3 Å². The summed E-state index contributed by atoms with van der Waals surface area (Å²) in [6.45, 7) is 4.75. The molecule has 1 aromatic heterocycles. The van der Waals surface area contributed by atoms with Crippen molar-refractivity contribution in [3.63, 3.8) is 0 Å². The molecule has 0 bridgehead atoms. The van der Waals surface area contributed by atoms with E-state index in [4.69, 9.17) is 4.74 Å². The Balaban J connectivity index is 1.88. The van der Waals surface area contributed by atoms with E-state index in [1.807, 2.05) is 38.1 Å². The monoisotopic (exact) mass is 270 g/mol. The van der Waals surface area contributed by atoms with Gasteiger partial charge in [-0.2, -0.15) is 0 Å². The number of ether oxygens (including phenoxy) is 1. The first kappa shape index (κ1) is 12.9. The third kappa shape index (κ3) is 2.46. The second kappa shape index (κ2) is 5.12. The fourth-order valence-electron chi connectivity index (χ4n) is 2.64. The van der Waals surface area contributed by atoms with Crippen LogP contribution >= 0.6 is 0 Å². The number of pyridine rings is 1. The van der Waals surface area contributed by atoms with Crippen LogP contribution in [0.5, 0.6) is 5.75 Å². The quantitative estimate of drug-likeness (QED) is 0.932. The van der Waals surface area contributed by atoms with Crippen molar-refractivity contribution in [2.24, 2.45) is 5.92 Å². The number of amides is 1. The Hall–Kier alpha value is -2.10. The number of carbonyl (C=O) groups excluding carboxylic acids is 1. The zero-order chi connectivity index (χ0) is 14.1. The number of nitrogens with zero attached hydrogens (tertiary/aromatic N) is 1. The number of fused-ring (bicyclic) bond motifs is 1. The summed E-state index contributed by atoms with van der Waals surface area (Å²) in [4.78, 5) is 15.7. The summed E-state index contributed by atoms with van der Waals surface area (Å²) >= 11 is 0.